The Bertz CT molecular complexity index is 890. The summed E-state index contributed by atoms with van der Waals surface area (Å²) in [5.74, 6) is -2.82. The van der Waals surface area contributed by atoms with Crippen LogP contribution in [0.3, 0.4) is 0 Å². The highest BCUT2D eigenvalue weighted by Crippen LogP contribution is 2.31. The third-order valence-corrected chi connectivity index (χ3v) is 3.72. The van der Waals surface area contributed by atoms with Gasteiger partial charge in [0.15, 0.2) is 0 Å². The molecule has 0 radical (unpaired) electrons. The Morgan fingerprint density at radius 2 is 1.85 bits per heavy atom. The van der Waals surface area contributed by atoms with E-state index in [1.54, 1.807) is 6.92 Å². The van der Waals surface area contributed by atoms with Crippen LogP contribution < -0.4 is 4.74 Å². The second-order valence-corrected chi connectivity index (χ2v) is 5.31. The fourth-order valence-electron chi connectivity index (χ4n) is 2.43. The number of hydrogen-bond donors (Lipinski definition) is 0. The predicted molar refractivity (Wildman–Crippen MR) is 95.4 cm³/mol. The van der Waals surface area contributed by atoms with Crippen molar-refractivity contribution in [1.82, 2.24) is 0 Å². The van der Waals surface area contributed by atoms with Crippen molar-refractivity contribution in [2.75, 3.05) is 20.8 Å². The van der Waals surface area contributed by atoms with Gasteiger partial charge in [-0.05, 0) is 42.8 Å². The van der Waals surface area contributed by atoms with Gasteiger partial charge in [-0.3, -0.25) is 0 Å². The lowest BCUT2D eigenvalue weighted by Gasteiger charge is -2.11. The van der Waals surface area contributed by atoms with Gasteiger partial charge >= 0.3 is 11.9 Å². The Hall–Kier alpha value is -3.22. The van der Waals surface area contributed by atoms with Crippen molar-refractivity contribution in [3.05, 3.63) is 59.2 Å². The molecule has 0 aliphatic carbocycles. The average Bonchev–Trinajstić information content (AvgIpc) is 2.67. The van der Waals surface area contributed by atoms with Crippen LogP contribution in [0.4, 0.5) is 8.78 Å². The smallest absolute Gasteiger partial charge is 0.341 e. The van der Waals surface area contributed by atoms with E-state index in [-0.39, 0.29) is 23.5 Å². The van der Waals surface area contributed by atoms with Crippen molar-refractivity contribution in [3.63, 3.8) is 0 Å². The van der Waals surface area contributed by atoms with Gasteiger partial charge in [0, 0.05) is 17.2 Å². The van der Waals surface area contributed by atoms with Crippen molar-refractivity contribution in [1.29, 1.82) is 0 Å². The molecule has 0 atom stereocenters. The minimum Gasteiger partial charge on any atom is -0.496 e. The molecule has 0 fully saturated rings. The molecule has 0 aromatic heterocycles. The topological polar surface area (TPSA) is 61.8 Å². The number of benzene rings is 2. The molecule has 7 heteroatoms. The molecule has 0 amide bonds. The third kappa shape index (κ3) is 4.49. The summed E-state index contributed by atoms with van der Waals surface area (Å²) in [5, 5.41) is 0. The van der Waals surface area contributed by atoms with Crippen molar-refractivity contribution in [3.8, 4) is 16.9 Å². The van der Waals surface area contributed by atoms with E-state index in [1.807, 2.05) is 0 Å². The van der Waals surface area contributed by atoms with Crippen molar-refractivity contribution >= 4 is 18.0 Å². The highest BCUT2D eigenvalue weighted by molar-refractivity contribution is 5.94. The number of carbonyl (C=O) groups excluding carboxylic acids is 2. The van der Waals surface area contributed by atoms with Crippen LogP contribution in [-0.2, 0) is 14.3 Å². The normalized spacial score (nSPS) is 10.7. The largest absolute Gasteiger partial charge is 0.496 e. The number of rotatable bonds is 6. The van der Waals surface area contributed by atoms with Gasteiger partial charge in [0.25, 0.3) is 0 Å². The fraction of sp³-hybridized carbons (Fsp3) is 0.200. The molecule has 2 aromatic carbocycles. The number of hydrogen-bond acceptors (Lipinski definition) is 5. The quantitative estimate of drug-likeness (QED) is 0.563. The summed E-state index contributed by atoms with van der Waals surface area (Å²) in [7, 11) is 2.60. The van der Waals surface area contributed by atoms with Crippen LogP contribution in [0.1, 0.15) is 22.8 Å². The van der Waals surface area contributed by atoms with E-state index in [9.17, 15) is 18.4 Å². The molecule has 0 saturated carbocycles. The lowest BCUT2D eigenvalue weighted by atomic mass is 9.99. The molecule has 2 aromatic rings. The zero-order valence-corrected chi connectivity index (χ0v) is 15.0. The zero-order chi connectivity index (χ0) is 20.0. The van der Waals surface area contributed by atoms with E-state index in [1.165, 1.54) is 38.5 Å². The molecule has 0 bridgehead atoms. The number of methoxy groups -OCH3 is 2. The number of ether oxygens (including phenoxy) is 3. The van der Waals surface area contributed by atoms with E-state index < -0.39 is 29.1 Å². The second-order valence-electron chi connectivity index (χ2n) is 5.31. The van der Waals surface area contributed by atoms with Gasteiger partial charge in [0.05, 0.1) is 20.8 Å². The highest BCUT2D eigenvalue weighted by Gasteiger charge is 2.18. The summed E-state index contributed by atoms with van der Waals surface area (Å²) >= 11 is 0. The number of esters is 2. The monoisotopic (exact) mass is 376 g/mol. The van der Waals surface area contributed by atoms with E-state index >= 15 is 0 Å². The zero-order valence-electron chi connectivity index (χ0n) is 15.0. The third-order valence-electron chi connectivity index (χ3n) is 3.72. The van der Waals surface area contributed by atoms with Gasteiger partial charge in [0.1, 0.15) is 22.9 Å². The van der Waals surface area contributed by atoms with Crippen LogP contribution in [0.5, 0.6) is 5.75 Å². The molecular weight excluding hydrogens is 358 g/mol. The minimum atomic E-state index is -0.878. The lowest BCUT2D eigenvalue weighted by Crippen LogP contribution is -2.04. The summed E-state index contributed by atoms with van der Waals surface area (Å²) in [6.07, 6.45) is 1.96. The predicted octanol–water partition coefficient (Wildman–Crippen LogP) is 4.00. The molecule has 0 heterocycles. The van der Waals surface area contributed by atoms with Crippen LogP contribution >= 0.6 is 0 Å². The Kier molecular flexibility index (Phi) is 6.65. The van der Waals surface area contributed by atoms with Gasteiger partial charge in [-0.15, -0.1) is 0 Å². The summed E-state index contributed by atoms with van der Waals surface area (Å²) in [6, 6.07) is 6.72. The standard InChI is InChI=1S/C20H18F2O5/c1-4-27-18(23)10-7-14-16(21)8-6-13(19(14)22)12-5-9-17(25-2)15(11-12)20(24)26-3/h5-11H,4H2,1-3H3/b10-7+. The van der Waals surface area contributed by atoms with Crippen LogP contribution in [0.2, 0.25) is 0 Å². The summed E-state index contributed by atoms with van der Waals surface area (Å²) < 4.78 is 43.4. The molecular formula is C20H18F2O5. The van der Waals surface area contributed by atoms with Gasteiger partial charge < -0.3 is 14.2 Å². The first-order valence-electron chi connectivity index (χ1n) is 8.02. The SMILES string of the molecule is CCOC(=O)/C=C/c1c(F)ccc(-c2ccc(OC)c(C(=O)OC)c2)c1F. The minimum absolute atomic E-state index is 0.0488. The molecule has 0 aliphatic rings. The van der Waals surface area contributed by atoms with Crippen LogP contribution in [0, 0.1) is 11.6 Å². The van der Waals surface area contributed by atoms with Crippen molar-refractivity contribution in [2.45, 2.75) is 6.92 Å². The van der Waals surface area contributed by atoms with Gasteiger partial charge in [0.2, 0.25) is 0 Å². The highest BCUT2D eigenvalue weighted by atomic mass is 19.1. The Balaban J connectivity index is 2.52. The molecule has 0 unspecified atom stereocenters. The van der Waals surface area contributed by atoms with Gasteiger partial charge in [-0.2, -0.15) is 0 Å². The molecule has 0 aliphatic heterocycles. The van der Waals surface area contributed by atoms with E-state index in [0.29, 0.717) is 5.56 Å². The second kappa shape index (κ2) is 8.93. The number of halogens is 2. The first-order chi connectivity index (χ1) is 12.9. The number of carbonyl (C=O) groups is 2. The van der Waals surface area contributed by atoms with Gasteiger partial charge in [-0.1, -0.05) is 6.07 Å². The summed E-state index contributed by atoms with van der Waals surface area (Å²) in [4.78, 5) is 23.3. The van der Waals surface area contributed by atoms with Gasteiger partial charge in [-0.25, -0.2) is 18.4 Å². The average molecular weight is 376 g/mol. The summed E-state index contributed by atoms with van der Waals surface area (Å²) in [5.41, 5.74) is 0.0769. The molecule has 0 N–H and O–H groups in total. The molecule has 2 rings (SSSR count). The fourth-order valence-corrected chi connectivity index (χ4v) is 2.43. The molecule has 0 saturated heterocycles. The Morgan fingerprint density at radius 1 is 1.11 bits per heavy atom. The van der Waals surface area contributed by atoms with E-state index in [0.717, 1.165) is 18.2 Å². The molecule has 27 heavy (non-hydrogen) atoms. The Morgan fingerprint density at radius 3 is 2.48 bits per heavy atom. The first-order valence-corrected chi connectivity index (χ1v) is 8.02. The Labute approximate surface area is 155 Å². The van der Waals surface area contributed by atoms with E-state index in [4.69, 9.17) is 14.2 Å². The maximum atomic E-state index is 14.9. The maximum Gasteiger partial charge on any atom is 0.341 e. The van der Waals surface area contributed by atoms with Crippen LogP contribution in [0.25, 0.3) is 17.2 Å². The van der Waals surface area contributed by atoms with E-state index in [2.05, 4.69) is 0 Å². The maximum absolute atomic E-state index is 14.9. The molecule has 5 nitrogen and oxygen atoms in total. The first kappa shape index (κ1) is 20.1. The van der Waals surface area contributed by atoms with Crippen molar-refractivity contribution in [2.24, 2.45) is 0 Å². The van der Waals surface area contributed by atoms with Crippen LogP contribution in [0.15, 0.2) is 36.4 Å². The summed E-state index contributed by atoms with van der Waals surface area (Å²) in [6.45, 7) is 1.77. The lowest BCUT2D eigenvalue weighted by molar-refractivity contribution is -0.137. The van der Waals surface area contributed by atoms with Crippen LogP contribution in [-0.4, -0.2) is 32.8 Å². The molecule has 0 spiro atoms. The molecule has 142 valence electrons. The van der Waals surface area contributed by atoms with Crippen molar-refractivity contribution < 1.29 is 32.6 Å².